The number of carbonyl (C=O) groups is 2. The highest BCUT2D eigenvalue weighted by Crippen LogP contribution is 2.24. The molecule has 0 radical (unpaired) electrons. The monoisotopic (exact) mass is 242 g/mol. The lowest BCUT2D eigenvalue weighted by Gasteiger charge is -2.27. The van der Waals surface area contributed by atoms with E-state index in [0.29, 0.717) is 12.8 Å². The van der Waals surface area contributed by atoms with E-state index in [2.05, 4.69) is 6.58 Å². The van der Waals surface area contributed by atoms with Gasteiger partial charge in [-0.2, -0.15) is 0 Å². The topological polar surface area (TPSA) is 70.1 Å². The zero-order valence-corrected chi connectivity index (χ0v) is 10.1. The molecule has 6 nitrogen and oxygen atoms in total. The highest BCUT2D eigenvalue weighted by Gasteiger charge is 2.41. The van der Waals surface area contributed by atoms with Crippen molar-refractivity contribution in [3.8, 4) is 0 Å². The fourth-order valence-electron chi connectivity index (χ4n) is 1.79. The van der Waals surface area contributed by atoms with Gasteiger partial charge < -0.3 is 14.7 Å². The van der Waals surface area contributed by atoms with Gasteiger partial charge in [0.05, 0.1) is 0 Å². The molecule has 0 aromatic heterocycles. The van der Waals surface area contributed by atoms with Gasteiger partial charge >= 0.3 is 6.09 Å². The van der Waals surface area contributed by atoms with Crippen molar-refractivity contribution < 1.29 is 19.4 Å². The Kier molecular flexibility index (Phi) is 4.51. The molecule has 1 saturated heterocycles. The summed E-state index contributed by atoms with van der Waals surface area (Å²) in [7, 11) is 3.22. The van der Waals surface area contributed by atoms with E-state index in [-0.39, 0.29) is 12.5 Å². The molecule has 2 atom stereocenters. The van der Waals surface area contributed by atoms with Crippen LogP contribution in [0.2, 0.25) is 0 Å². The van der Waals surface area contributed by atoms with Crippen molar-refractivity contribution in [3.63, 3.8) is 0 Å². The average Bonchev–Trinajstić information content (AvgIpc) is 2.66. The Morgan fingerprint density at radius 3 is 2.71 bits per heavy atom. The van der Waals surface area contributed by atoms with Gasteiger partial charge in [0.25, 0.3) is 0 Å². The van der Waals surface area contributed by atoms with E-state index < -0.39 is 18.4 Å². The zero-order valence-electron chi connectivity index (χ0n) is 10.1. The Morgan fingerprint density at radius 1 is 1.53 bits per heavy atom. The standard InChI is InChI=1S/C11H18N2O4/c1-4-7-17-11(16)13-8(5-6-9(13)14)10(15)12(2)3/h4,8-9,14H,1,5-7H2,2-3H3/t8-,9?/m0/s1. The van der Waals surface area contributed by atoms with E-state index >= 15 is 0 Å². The third kappa shape index (κ3) is 2.97. The summed E-state index contributed by atoms with van der Waals surface area (Å²) in [6.45, 7) is 3.49. The first-order valence-corrected chi connectivity index (χ1v) is 5.44. The molecule has 6 heteroatoms. The minimum atomic E-state index is -0.957. The van der Waals surface area contributed by atoms with E-state index in [9.17, 15) is 14.7 Å². The Labute approximate surface area is 100 Å². The maximum atomic E-state index is 11.8. The fourth-order valence-corrected chi connectivity index (χ4v) is 1.79. The molecule has 96 valence electrons. The quantitative estimate of drug-likeness (QED) is 0.717. The van der Waals surface area contributed by atoms with Crippen LogP contribution >= 0.6 is 0 Å². The first kappa shape index (κ1) is 13.5. The molecule has 1 unspecified atom stereocenters. The fraction of sp³-hybridized carbons (Fsp3) is 0.636. The number of rotatable bonds is 3. The lowest BCUT2D eigenvalue weighted by Crippen LogP contribution is -2.48. The van der Waals surface area contributed by atoms with Gasteiger partial charge in [-0.25, -0.2) is 4.79 Å². The number of carbonyl (C=O) groups excluding carboxylic acids is 2. The summed E-state index contributed by atoms with van der Waals surface area (Å²) in [5, 5.41) is 9.69. The first-order chi connectivity index (χ1) is 7.99. The molecule has 0 aromatic carbocycles. The Hall–Kier alpha value is -1.56. The van der Waals surface area contributed by atoms with E-state index in [4.69, 9.17) is 4.74 Å². The van der Waals surface area contributed by atoms with Crippen molar-refractivity contribution in [1.29, 1.82) is 0 Å². The molecule has 0 saturated carbocycles. The number of aliphatic hydroxyl groups is 1. The van der Waals surface area contributed by atoms with Crippen LogP contribution in [-0.2, 0) is 9.53 Å². The minimum Gasteiger partial charge on any atom is -0.445 e. The van der Waals surface area contributed by atoms with Crippen LogP contribution in [-0.4, -0.2) is 59.9 Å². The van der Waals surface area contributed by atoms with Crippen molar-refractivity contribution in [2.75, 3.05) is 20.7 Å². The second-order valence-electron chi connectivity index (χ2n) is 4.08. The number of hydrogen-bond acceptors (Lipinski definition) is 4. The van der Waals surface area contributed by atoms with E-state index in [1.54, 1.807) is 14.1 Å². The Balaban J connectivity index is 2.74. The predicted octanol–water partition coefficient (Wildman–Crippen LogP) is 0.180. The molecular weight excluding hydrogens is 224 g/mol. The van der Waals surface area contributed by atoms with E-state index in [1.807, 2.05) is 0 Å². The van der Waals surface area contributed by atoms with Gasteiger partial charge in [-0.15, -0.1) is 0 Å². The van der Waals surface area contributed by atoms with Gasteiger partial charge in [0.15, 0.2) is 0 Å². The molecule has 0 aromatic rings. The number of likely N-dealkylation sites (tertiary alicyclic amines) is 1. The summed E-state index contributed by atoms with van der Waals surface area (Å²) in [4.78, 5) is 26.0. The number of amides is 2. The zero-order chi connectivity index (χ0) is 13.0. The lowest BCUT2D eigenvalue weighted by atomic mass is 10.2. The van der Waals surface area contributed by atoms with Crippen LogP contribution in [0.3, 0.4) is 0 Å². The van der Waals surface area contributed by atoms with Crippen LogP contribution < -0.4 is 0 Å². The molecule has 17 heavy (non-hydrogen) atoms. The minimum absolute atomic E-state index is 0.0604. The molecule has 1 rings (SSSR count). The maximum absolute atomic E-state index is 11.8. The van der Waals surface area contributed by atoms with Crippen LogP contribution in [0.5, 0.6) is 0 Å². The van der Waals surface area contributed by atoms with Crippen molar-refractivity contribution in [1.82, 2.24) is 9.80 Å². The van der Waals surface area contributed by atoms with Gasteiger partial charge in [-0.1, -0.05) is 12.7 Å². The molecule has 2 amide bonds. The third-order valence-corrected chi connectivity index (χ3v) is 2.62. The van der Waals surface area contributed by atoms with Crippen LogP contribution in [0.15, 0.2) is 12.7 Å². The van der Waals surface area contributed by atoms with Gasteiger partial charge in [0.1, 0.15) is 18.9 Å². The molecular formula is C11H18N2O4. The van der Waals surface area contributed by atoms with Gasteiger partial charge in [0, 0.05) is 14.1 Å². The van der Waals surface area contributed by atoms with Crippen molar-refractivity contribution >= 4 is 12.0 Å². The molecule has 1 heterocycles. The smallest absolute Gasteiger partial charge is 0.412 e. The van der Waals surface area contributed by atoms with Crippen LogP contribution in [0, 0.1) is 0 Å². The third-order valence-electron chi connectivity index (χ3n) is 2.62. The predicted molar refractivity (Wildman–Crippen MR) is 61.1 cm³/mol. The summed E-state index contributed by atoms with van der Waals surface area (Å²) in [5.41, 5.74) is 0. The van der Waals surface area contributed by atoms with Gasteiger partial charge in [0.2, 0.25) is 5.91 Å². The summed E-state index contributed by atoms with van der Waals surface area (Å²) >= 11 is 0. The molecule has 0 spiro atoms. The largest absolute Gasteiger partial charge is 0.445 e. The molecule has 1 aliphatic heterocycles. The summed E-state index contributed by atoms with van der Waals surface area (Å²) in [6, 6.07) is -0.641. The van der Waals surface area contributed by atoms with Crippen molar-refractivity contribution in [2.24, 2.45) is 0 Å². The van der Waals surface area contributed by atoms with Crippen LogP contribution in [0.1, 0.15) is 12.8 Å². The highest BCUT2D eigenvalue weighted by molar-refractivity contribution is 5.86. The SMILES string of the molecule is C=CCOC(=O)N1C(O)CC[C@H]1C(=O)N(C)C. The number of nitrogens with zero attached hydrogens (tertiary/aromatic N) is 2. The molecule has 1 aliphatic rings. The van der Waals surface area contributed by atoms with E-state index in [0.717, 1.165) is 4.90 Å². The van der Waals surface area contributed by atoms with E-state index in [1.165, 1.54) is 11.0 Å². The number of ether oxygens (including phenoxy) is 1. The number of hydrogen-bond donors (Lipinski definition) is 1. The number of aliphatic hydroxyl groups excluding tert-OH is 1. The normalized spacial score (nSPS) is 23.4. The second-order valence-corrected chi connectivity index (χ2v) is 4.08. The average molecular weight is 242 g/mol. The summed E-state index contributed by atoms with van der Waals surface area (Å²) in [5.74, 6) is -0.211. The summed E-state index contributed by atoms with van der Waals surface area (Å²) in [6.07, 6.45) is 0.620. The highest BCUT2D eigenvalue weighted by atomic mass is 16.6. The molecule has 1 fully saturated rings. The van der Waals surface area contributed by atoms with Crippen LogP contribution in [0.25, 0.3) is 0 Å². The van der Waals surface area contributed by atoms with Crippen molar-refractivity contribution in [2.45, 2.75) is 25.1 Å². The number of likely N-dealkylation sites (N-methyl/N-ethyl adjacent to an activating group) is 1. The molecule has 1 N–H and O–H groups in total. The Bertz CT molecular complexity index is 317. The molecule has 0 bridgehead atoms. The van der Waals surface area contributed by atoms with Crippen molar-refractivity contribution in [3.05, 3.63) is 12.7 Å². The molecule has 0 aliphatic carbocycles. The van der Waals surface area contributed by atoms with Gasteiger partial charge in [-0.3, -0.25) is 9.69 Å². The lowest BCUT2D eigenvalue weighted by molar-refractivity contribution is -0.134. The summed E-state index contributed by atoms with van der Waals surface area (Å²) < 4.78 is 4.84. The second kappa shape index (κ2) is 5.67. The Morgan fingerprint density at radius 2 is 2.18 bits per heavy atom. The van der Waals surface area contributed by atoms with Crippen LogP contribution in [0.4, 0.5) is 4.79 Å². The first-order valence-electron chi connectivity index (χ1n) is 5.44. The van der Waals surface area contributed by atoms with Gasteiger partial charge in [-0.05, 0) is 12.8 Å². The maximum Gasteiger partial charge on any atom is 0.412 e.